The molecule has 1 atom stereocenters. The molecular formula is C17H24N2OS2. The highest BCUT2D eigenvalue weighted by Crippen LogP contribution is 2.17. The molecule has 0 bridgehead atoms. The van der Waals surface area contributed by atoms with Gasteiger partial charge in [0, 0.05) is 13.1 Å². The molecule has 0 aromatic heterocycles. The first kappa shape index (κ1) is 17.3. The molecule has 1 aromatic rings. The Labute approximate surface area is 142 Å². The number of hydrogen-bond donors (Lipinski definition) is 1. The van der Waals surface area contributed by atoms with Crippen molar-refractivity contribution in [1.82, 2.24) is 10.2 Å². The summed E-state index contributed by atoms with van der Waals surface area (Å²) < 4.78 is 0.854. The summed E-state index contributed by atoms with van der Waals surface area (Å²) >= 11 is 6.85. The summed E-state index contributed by atoms with van der Waals surface area (Å²) in [5.74, 6) is 0.436. The molecule has 0 unspecified atom stereocenters. The van der Waals surface area contributed by atoms with Gasteiger partial charge in [-0.25, -0.2) is 0 Å². The van der Waals surface area contributed by atoms with Crippen LogP contribution in [0.25, 0.3) is 0 Å². The average Bonchev–Trinajstić information content (AvgIpc) is 3.07. The quantitative estimate of drug-likeness (QED) is 0.834. The number of thiocarbonyl (C=S) groups is 1. The molecule has 1 fully saturated rings. The molecule has 3 nitrogen and oxygen atoms in total. The van der Waals surface area contributed by atoms with Gasteiger partial charge in [-0.3, -0.25) is 4.79 Å². The van der Waals surface area contributed by atoms with Crippen LogP contribution in [-0.4, -0.2) is 34.0 Å². The number of thioether (sulfide) groups is 1. The van der Waals surface area contributed by atoms with Crippen molar-refractivity contribution < 1.29 is 4.79 Å². The van der Waals surface area contributed by atoms with E-state index in [2.05, 4.69) is 41.4 Å². The van der Waals surface area contributed by atoms with Crippen LogP contribution in [0.2, 0.25) is 0 Å². The summed E-state index contributed by atoms with van der Waals surface area (Å²) in [6, 6.07) is 8.45. The van der Waals surface area contributed by atoms with Crippen molar-refractivity contribution in [2.24, 2.45) is 0 Å². The second-order valence-corrected chi connectivity index (χ2v) is 7.24. The van der Waals surface area contributed by atoms with E-state index in [4.69, 9.17) is 12.2 Å². The maximum Gasteiger partial charge on any atom is 0.230 e. The van der Waals surface area contributed by atoms with Crippen LogP contribution < -0.4 is 5.32 Å². The molecule has 5 heteroatoms. The fourth-order valence-electron chi connectivity index (χ4n) is 2.53. The molecule has 1 aromatic carbocycles. The lowest BCUT2D eigenvalue weighted by molar-refractivity contribution is -0.119. The van der Waals surface area contributed by atoms with Crippen LogP contribution in [0.5, 0.6) is 0 Å². The van der Waals surface area contributed by atoms with Crippen LogP contribution in [0.1, 0.15) is 43.9 Å². The predicted octanol–water partition coefficient (Wildman–Crippen LogP) is 3.54. The largest absolute Gasteiger partial charge is 0.358 e. The molecule has 2 rings (SSSR count). The number of benzene rings is 1. The molecule has 1 heterocycles. The zero-order valence-electron chi connectivity index (χ0n) is 13.3. The van der Waals surface area contributed by atoms with Gasteiger partial charge in [-0.1, -0.05) is 55.2 Å². The zero-order valence-corrected chi connectivity index (χ0v) is 14.9. The normalized spacial score (nSPS) is 15.6. The van der Waals surface area contributed by atoms with E-state index < -0.39 is 0 Å². The molecule has 120 valence electrons. The summed E-state index contributed by atoms with van der Waals surface area (Å²) in [5, 5.41) is 3.04. The Morgan fingerprint density at radius 1 is 1.32 bits per heavy atom. The van der Waals surface area contributed by atoms with Crippen LogP contribution >= 0.6 is 24.0 Å². The summed E-state index contributed by atoms with van der Waals surface area (Å²) in [4.78, 5) is 14.3. The van der Waals surface area contributed by atoms with E-state index in [-0.39, 0.29) is 11.9 Å². The molecule has 1 aliphatic rings. The number of likely N-dealkylation sites (tertiary alicyclic amines) is 1. The van der Waals surface area contributed by atoms with E-state index in [1.807, 2.05) is 6.92 Å². The molecule has 1 N–H and O–H groups in total. The van der Waals surface area contributed by atoms with Crippen LogP contribution in [-0.2, 0) is 11.2 Å². The molecule has 0 saturated carbocycles. The summed E-state index contributed by atoms with van der Waals surface area (Å²) in [6.45, 7) is 6.23. The summed E-state index contributed by atoms with van der Waals surface area (Å²) in [5.41, 5.74) is 2.45. The van der Waals surface area contributed by atoms with E-state index in [0.29, 0.717) is 5.75 Å². The number of amides is 1. The van der Waals surface area contributed by atoms with E-state index in [1.165, 1.54) is 30.2 Å². The lowest BCUT2D eigenvalue weighted by Crippen LogP contribution is -2.30. The number of carbonyl (C=O) groups excluding carboxylic acids is 1. The minimum absolute atomic E-state index is 0.0272. The van der Waals surface area contributed by atoms with Crippen molar-refractivity contribution in [1.29, 1.82) is 0 Å². The van der Waals surface area contributed by atoms with E-state index in [0.717, 1.165) is 29.4 Å². The molecule has 0 radical (unpaired) electrons. The van der Waals surface area contributed by atoms with Crippen LogP contribution in [0, 0.1) is 0 Å². The Kier molecular flexibility index (Phi) is 6.70. The standard InChI is InChI=1S/C17H24N2OS2/c1-3-14-6-8-15(9-7-14)13(2)18-16(20)12-22-17(21)19-10-4-5-11-19/h6-9,13H,3-5,10-12H2,1-2H3,(H,18,20)/t13-/m1/s1. The first-order valence-corrected chi connectivity index (χ1v) is 9.29. The van der Waals surface area contributed by atoms with Gasteiger partial charge in [-0.05, 0) is 37.3 Å². The van der Waals surface area contributed by atoms with E-state index >= 15 is 0 Å². The van der Waals surface area contributed by atoms with Crippen molar-refractivity contribution in [2.45, 2.75) is 39.2 Å². The van der Waals surface area contributed by atoms with Gasteiger partial charge < -0.3 is 10.2 Å². The van der Waals surface area contributed by atoms with Crippen LogP contribution in [0.4, 0.5) is 0 Å². The second-order valence-electron chi connectivity index (χ2n) is 5.63. The number of nitrogens with zero attached hydrogens (tertiary/aromatic N) is 1. The summed E-state index contributed by atoms with van der Waals surface area (Å²) in [7, 11) is 0. The molecular weight excluding hydrogens is 312 g/mol. The highest BCUT2D eigenvalue weighted by atomic mass is 32.2. The third-order valence-corrected chi connectivity index (χ3v) is 5.48. The minimum Gasteiger partial charge on any atom is -0.358 e. The first-order valence-electron chi connectivity index (χ1n) is 7.90. The molecule has 0 spiro atoms. The highest BCUT2D eigenvalue weighted by Gasteiger charge is 2.17. The molecule has 22 heavy (non-hydrogen) atoms. The van der Waals surface area contributed by atoms with Gasteiger partial charge in [-0.2, -0.15) is 0 Å². The van der Waals surface area contributed by atoms with Crippen molar-refractivity contribution >= 4 is 34.2 Å². The van der Waals surface area contributed by atoms with Gasteiger partial charge in [0.25, 0.3) is 0 Å². The maximum atomic E-state index is 12.1. The SMILES string of the molecule is CCc1ccc([C@@H](C)NC(=O)CSC(=S)N2CCCC2)cc1. The number of aryl methyl sites for hydroxylation is 1. The Balaban J connectivity index is 1.76. The third kappa shape index (κ3) is 4.99. The Morgan fingerprint density at radius 3 is 2.55 bits per heavy atom. The zero-order chi connectivity index (χ0) is 15.9. The number of hydrogen-bond acceptors (Lipinski definition) is 3. The fourth-order valence-corrected chi connectivity index (χ4v) is 3.59. The van der Waals surface area contributed by atoms with Crippen molar-refractivity contribution in [2.75, 3.05) is 18.8 Å². The predicted molar refractivity (Wildman–Crippen MR) is 98.2 cm³/mol. The Bertz CT molecular complexity index is 510. The highest BCUT2D eigenvalue weighted by molar-refractivity contribution is 8.23. The monoisotopic (exact) mass is 336 g/mol. The lowest BCUT2D eigenvalue weighted by atomic mass is 10.1. The maximum absolute atomic E-state index is 12.1. The fraction of sp³-hybridized carbons (Fsp3) is 0.529. The number of nitrogens with one attached hydrogen (secondary N) is 1. The van der Waals surface area contributed by atoms with Crippen molar-refractivity contribution in [3.8, 4) is 0 Å². The third-order valence-electron chi connectivity index (χ3n) is 3.96. The molecule has 1 saturated heterocycles. The average molecular weight is 337 g/mol. The van der Waals surface area contributed by atoms with Crippen molar-refractivity contribution in [3.05, 3.63) is 35.4 Å². The topological polar surface area (TPSA) is 32.3 Å². The molecule has 1 aliphatic heterocycles. The van der Waals surface area contributed by atoms with E-state index in [1.54, 1.807) is 0 Å². The van der Waals surface area contributed by atoms with Gasteiger partial charge in [0.05, 0.1) is 11.8 Å². The minimum atomic E-state index is 0.0272. The van der Waals surface area contributed by atoms with Crippen molar-refractivity contribution in [3.63, 3.8) is 0 Å². The Hall–Kier alpha value is -1.07. The smallest absolute Gasteiger partial charge is 0.230 e. The first-order chi connectivity index (χ1) is 10.6. The second kappa shape index (κ2) is 8.53. The van der Waals surface area contributed by atoms with Gasteiger partial charge in [0.1, 0.15) is 4.32 Å². The van der Waals surface area contributed by atoms with E-state index in [9.17, 15) is 4.79 Å². The molecule has 1 amide bonds. The van der Waals surface area contributed by atoms with Gasteiger partial charge in [-0.15, -0.1) is 0 Å². The summed E-state index contributed by atoms with van der Waals surface area (Å²) in [6.07, 6.45) is 3.45. The van der Waals surface area contributed by atoms with Crippen LogP contribution in [0.15, 0.2) is 24.3 Å². The number of carbonyl (C=O) groups is 1. The Morgan fingerprint density at radius 2 is 1.95 bits per heavy atom. The van der Waals surface area contributed by atoms with Gasteiger partial charge in [0.2, 0.25) is 5.91 Å². The molecule has 0 aliphatic carbocycles. The van der Waals surface area contributed by atoms with Gasteiger partial charge >= 0.3 is 0 Å². The lowest BCUT2D eigenvalue weighted by Gasteiger charge is -2.18. The van der Waals surface area contributed by atoms with Crippen LogP contribution in [0.3, 0.4) is 0 Å². The van der Waals surface area contributed by atoms with Gasteiger partial charge in [0.15, 0.2) is 0 Å². The number of rotatable bonds is 5.